The average molecular weight is 460 g/mol. The van der Waals surface area contributed by atoms with Crippen LogP contribution in [0.15, 0.2) is 34.1 Å². The molecule has 170 valence electrons. The maximum Gasteiger partial charge on any atom is 0.243 e. The highest BCUT2D eigenvalue weighted by Gasteiger charge is 2.33. The molecule has 0 bridgehead atoms. The SMILES string of the molecule is CCCCNC(=O)[C@@H]1CCCN(S(=O)(=O)c2ccc(S(=O)(=O)NCC(C)C)cc2)C1. The van der Waals surface area contributed by atoms with Gasteiger partial charge in [0.15, 0.2) is 0 Å². The summed E-state index contributed by atoms with van der Waals surface area (Å²) < 4.78 is 54.5. The van der Waals surface area contributed by atoms with Crippen LogP contribution in [0, 0.1) is 11.8 Å². The van der Waals surface area contributed by atoms with Gasteiger partial charge in [0.25, 0.3) is 0 Å². The van der Waals surface area contributed by atoms with Gasteiger partial charge in [-0.15, -0.1) is 0 Å². The lowest BCUT2D eigenvalue weighted by molar-refractivity contribution is -0.126. The highest BCUT2D eigenvalue weighted by Crippen LogP contribution is 2.25. The molecule has 1 amide bonds. The molecule has 1 saturated heterocycles. The van der Waals surface area contributed by atoms with E-state index in [2.05, 4.69) is 10.0 Å². The zero-order valence-electron chi connectivity index (χ0n) is 17.9. The van der Waals surface area contributed by atoms with Gasteiger partial charge in [0.1, 0.15) is 0 Å². The van der Waals surface area contributed by atoms with Crippen molar-refractivity contribution in [2.24, 2.45) is 11.8 Å². The van der Waals surface area contributed by atoms with Crippen LogP contribution in [0.4, 0.5) is 0 Å². The quantitative estimate of drug-likeness (QED) is 0.519. The number of piperidine rings is 1. The van der Waals surface area contributed by atoms with E-state index >= 15 is 0 Å². The fourth-order valence-corrected chi connectivity index (χ4v) is 5.94. The number of benzene rings is 1. The predicted molar refractivity (Wildman–Crippen MR) is 116 cm³/mol. The summed E-state index contributed by atoms with van der Waals surface area (Å²) in [5, 5.41) is 2.87. The van der Waals surface area contributed by atoms with Crippen LogP contribution in [0.3, 0.4) is 0 Å². The van der Waals surface area contributed by atoms with Crippen molar-refractivity contribution in [2.75, 3.05) is 26.2 Å². The molecule has 8 nitrogen and oxygen atoms in total. The topological polar surface area (TPSA) is 113 Å². The van der Waals surface area contributed by atoms with Crippen molar-refractivity contribution in [1.82, 2.24) is 14.3 Å². The number of hydrogen-bond acceptors (Lipinski definition) is 5. The highest BCUT2D eigenvalue weighted by molar-refractivity contribution is 7.89. The molecular formula is C20H33N3O5S2. The van der Waals surface area contributed by atoms with E-state index in [9.17, 15) is 21.6 Å². The van der Waals surface area contributed by atoms with Crippen molar-refractivity contribution >= 4 is 26.0 Å². The molecule has 1 aromatic carbocycles. The zero-order valence-corrected chi connectivity index (χ0v) is 19.6. The van der Waals surface area contributed by atoms with Crippen LogP contribution in [-0.4, -0.2) is 53.2 Å². The molecule has 0 saturated carbocycles. The number of nitrogens with one attached hydrogen (secondary N) is 2. The number of sulfonamides is 2. The lowest BCUT2D eigenvalue weighted by Gasteiger charge is -2.31. The fourth-order valence-electron chi connectivity index (χ4n) is 3.21. The first-order valence-electron chi connectivity index (χ1n) is 10.5. The summed E-state index contributed by atoms with van der Waals surface area (Å²) >= 11 is 0. The maximum atomic E-state index is 13.0. The second-order valence-corrected chi connectivity index (χ2v) is 11.8. The molecule has 30 heavy (non-hydrogen) atoms. The standard InChI is InChI=1S/C20H33N3O5S2/c1-4-5-12-21-20(24)17-7-6-13-23(15-17)30(27,28)19-10-8-18(9-11-19)29(25,26)22-14-16(2)3/h8-11,16-17,22H,4-7,12-15H2,1-3H3,(H,21,24)/t17-/m1/s1. The molecule has 2 N–H and O–H groups in total. The van der Waals surface area contributed by atoms with Gasteiger partial charge >= 0.3 is 0 Å². The number of carbonyl (C=O) groups is 1. The molecular weight excluding hydrogens is 426 g/mol. The predicted octanol–water partition coefficient (Wildman–Crippen LogP) is 1.94. The average Bonchev–Trinajstić information content (AvgIpc) is 2.72. The monoisotopic (exact) mass is 459 g/mol. The van der Waals surface area contributed by atoms with Crippen molar-refractivity contribution in [3.63, 3.8) is 0 Å². The van der Waals surface area contributed by atoms with Gasteiger partial charge in [-0.1, -0.05) is 27.2 Å². The Morgan fingerprint density at radius 2 is 1.77 bits per heavy atom. The summed E-state index contributed by atoms with van der Waals surface area (Å²) in [7, 11) is -7.49. The zero-order chi connectivity index (χ0) is 22.4. The first-order chi connectivity index (χ1) is 14.1. The van der Waals surface area contributed by atoms with Crippen molar-refractivity contribution in [3.05, 3.63) is 24.3 Å². The van der Waals surface area contributed by atoms with Gasteiger partial charge in [-0.2, -0.15) is 4.31 Å². The molecule has 0 spiro atoms. The van der Waals surface area contributed by atoms with Crippen molar-refractivity contribution in [3.8, 4) is 0 Å². The molecule has 0 unspecified atom stereocenters. The van der Waals surface area contributed by atoms with E-state index < -0.39 is 20.0 Å². The molecule has 1 fully saturated rings. The summed E-state index contributed by atoms with van der Waals surface area (Å²) in [6, 6.07) is 5.22. The lowest BCUT2D eigenvalue weighted by Crippen LogP contribution is -2.45. The Kier molecular flexibility index (Phi) is 8.84. The highest BCUT2D eigenvalue weighted by atomic mass is 32.2. The lowest BCUT2D eigenvalue weighted by atomic mass is 9.99. The first kappa shape index (κ1) is 24.8. The molecule has 1 aliphatic heterocycles. The van der Waals surface area contributed by atoms with E-state index in [-0.39, 0.29) is 34.1 Å². The van der Waals surface area contributed by atoms with Crippen molar-refractivity contribution in [1.29, 1.82) is 0 Å². The number of nitrogens with zero attached hydrogens (tertiary/aromatic N) is 1. The van der Waals surface area contributed by atoms with Gasteiger partial charge in [-0.05, 0) is 49.4 Å². The Morgan fingerprint density at radius 1 is 1.13 bits per heavy atom. The minimum atomic E-state index is -3.80. The summed E-state index contributed by atoms with van der Waals surface area (Å²) in [6.07, 6.45) is 3.13. The summed E-state index contributed by atoms with van der Waals surface area (Å²) in [5.74, 6) is -0.322. The summed E-state index contributed by atoms with van der Waals surface area (Å²) in [5.41, 5.74) is 0. The number of hydrogen-bond donors (Lipinski definition) is 2. The molecule has 1 aromatic rings. The molecule has 1 aliphatic rings. The van der Waals surface area contributed by atoms with Crippen molar-refractivity contribution in [2.45, 2.75) is 56.2 Å². The van der Waals surface area contributed by atoms with Gasteiger partial charge in [0.2, 0.25) is 26.0 Å². The Hall–Kier alpha value is -1.49. The third-order valence-electron chi connectivity index (χ3n) is 5.04. The van der Waals surface area contributed by atoms with Crippen LogP contribution in [0.5, 0.6) is 0 Å². The molecule has 10 heteroatoms. The van der Waals surface area contributed by atoms with E-state index in [4.69, 9.17) is 0 Å². The Balaban J connectivity index is 2.10. The molecule has 0 radical (unpaired) electrons. The van der Waals surface area contributed by atoms with Gasteiger partial charge in [-0.25, -0.2) is 21.6 Å². The molecule has 1 atom stereocenters. The van der Waals surface area contributed by atoms with E-state index in [1.807, 2.05) is 20.8 Å². The fraction of sp³-hybridized carbons (Fsp3) is 0.650. The molecule has 0 aliphatic carbocycles. The number of amides is 1. The minimum absolute atomic E-state index is 0.0222. The van der Waals surface area contributed by atoms with E-state index in [0.717, 1.165) is 12.8 Å². The second-order valence-electron chi connectivity index (χ2n) is 8.06. The number of carbonyl (C=O) groups excluding carboxylic acids is 1. The number of unbranched alkanes of at least 4 members (excludes halogenated alkanes) is 1. The van der Waals surface area contributed by atoms with Crippen LogP contribution < -0.4 is 10.0 Å². The van der Waals surface area contributed by atoms with Crippen LogP contribution >= 0.6 is 0 Å². The van der Waals surface area contributed by atoms with E-state index in [1.165, 1.54) is 28.6 Å². The van der Waals surface area contributed by atoms with Gasteiger partial charge in [0.05, 0.1) is 15.7 Å². The Labute approximate surface area is 180 Å². The maximum absolute atomic E-state index is 13.0. The normalized spacial score (nSPS) is 18.5. The van der Waals surface area contributed by atoms with Gasteiger partial charge in [0, 0.05) is 26.2 Å². The Morgan fingerprint density at radius 3 is 2.37 bits per heavy atom. The first-order valence-corrected chi connectivity index (χ1v) is 13.4. The van der Waals surface area contributed by atoms with Gasteiger partial charge in [-0.3, -0.25) is 4.79 Å². The van der Waals surface area contributed by atoms with Crippen LogP contribution in [-0.2, 0) is 24.8 Å². The van der Waals surface area contributed by atoms with Crippen LogP contribution in [0.25, 0.3) is 0 Å². The third kappa shape index (κ3) is 6.50. The minimum Gasteiger partial charge on any atom is -0.356 e. The van der Waals surface area contributed by atoms with E-state index in [1.54, 1.807) is 0 Å². The molecule has 1 heterocycles. The Bertz CT molecular complexity index is 912. The summed E-state index contributed by atoms with van der Waals surface area (Å²) in [6.45, 7) is 7.21. The number of rotatable bonds is 10. The molecule has 0 aromatic heterocycles. The van der Waals surface area contributed by atoms with Gasteiger partial charge < -0.3 is 5.32 Å². The molecule has 2 rings (SSSR count). The third-order valence-corrected chi connectivity index (χ3v) is 8.36. The van der Waals surface area contributed by atoms with Crippen LogP contribution in [0.1, 0.15) is 46.5 Å². The van der Waals surface area contributed by atoms with E-state index in [0.29, 0.717) is 32.5 Å². The summed E-state index contributed by atoms with van der Waals surface area (Å²) in [4.78, 5) is 12.4. The second kappa shape index (κ2) is 10.7. The largest absolute Gasteiger partial charge is 0.356 e. The van der Waals surface area contributed by atoms with Crippen LogP contribution in [0.2, 0.25) is 0 Å². The van der Waals surface area contributed by atoms with Crippen molar-refractivity contribution < 1.29 is 21.6 Å². The smallest absolute Gasteiger partial charge is 0.243 e.